The number of benzene rings is 2. The molecule has 0 bridgehead atoms. The molecule has 3 aromatic rings. The van der Waals surface area contributed by atoms with E-state index >= 15 is 0 Å². The van der Waals surface area contributed by atoms with Crippen LogP contribution in [0.4, 0.5) is 5.69 Å². The first-order valence-corrected chi connectivity index (χ1v) is 5.84. The second kappa shape index (κ2) is 4.49. The van der Waals surface area contributed by atoms with Crippen LogP contribution in [-0.2, 0) is 0 Å². The Labute approximate surface area is 109 Å². The molecule has 1 aromatic heterocycles. The van der Waals surface area contributed by atoms with E-state index < -0.39 is 0 Å². The highest BCUT2D eigenvalue weighted by Gasteiger charge is 2.14. The van der Waals surface area contributed by atoms with Crippen LogP contribution in [0.5, 0.6) is 0 Å². The first-order valence-electron chi connectivity index (χ1n) is 5.84. The number of fused-ring (bicyclic) bond motifs is 1. The lowest BCUT2D eigenvalue weighted by Gasteiger charge is -2.06. The molecule has 0 saturated heterocycles. The van der Waals surface area contributed by atoms with E-state index in [2.05, 4.69) is 4.98 Å². The second-order valence-corrected chi connectivity index (χ2v) is 4.18. The van der Waals surface area contributed by atoms with Gasteiger partial charge in [-0.05, 0) is 28.6 Å². The average molecular weight is 250 g/mol. The van der Waals surface area contributed by atoms with Crippen molar-refractivity contribution in [2.24, 2.45) is 0 Å². The van der Waals surface area contributed by atoms with Crippen molar-refractivity contribution in [1.82, 2.24) is 4.98 Å². The van der Waals surface area contributed by atoms with E-state index in [0.29, 0.717) is 5.39 Å². The van der Waals surface area contributed by atoms with Crippen LogP contribution in [0, 0.1) is 10.1 Å². The molecule has 19 heavy (non-hydrogen) atoms. The van der Waals surface area contributed by atoms with E-state index in [9.17, 15) is 10.1 Å². The van der Waals surface area contributed by atoms with Gasteiger partial charge in [0.2, 0.25) is 0 Å². The minimum Gasteiger partial charge on any atom is -0.264 e. The lowest BCUT2D eigenvalue weighted by Crippen LogP contribution is -1.91. The molecule has 0 unspecified atom stereocenters. The van der Waals surface area contributed by atoms with Crippen LogP contribution in [0.3, 0.4) is 0 Å². The number of rotatable bonds is 2. The van der Waals surface area contributed by atoms with Crippen molar-refractivity contribution in [3.63, 3.8) is 0 Å². The van der Waals surface area contributed by atoms with Gasteiger partial charge >= 0.3 is 0 Å². The monoisotopic (exact) mass is 250 g/mol. The van der Waals surface area contributed by atoms with Crippen LogP contribution >= 0.6 is 0 Å². The van der Waals surface area contributed by atoms with Gasteiger partial charge in [0, 0.05) is 18.5 Å². The summed E-state index contributed by atoms with van der Waals surface area (Å²) in [5, 5.41) is 12.4. The Hall–Kier alpha value is -2.75. The summed E-state index contributed by atoms with van der Waals surface area (Å²) in [6, 6.07) is 14.9. The van der Waals surface area contributed by atoms with Gasteiger partial charge < -0.3 is 0 Å². The SMILES string of the molecule is O=[N+]([O-])c1ccc(-c2ccccc2)c2ccncc12. The Bertz CT molecular complexity index is 754. The Morgan fingerprint density at radius 1 is 0.947 bits per heavy atom. The van der Waals surface area contributed by atoms with Gasteiger partial charge in [0.25, 0.3) is 5.69 Å². The van der Waals surface area contributed by atoms with Crippen LogP contribution in [-0.4, -0.2) is 9.91 Å². The van der Waals surface area contributed by atoms with Crippen LogP contribution in [0.1, 0.15) is 0 Å². The molecular formula is C15H10N2O2. The fourth-order valence-electron chi connectivity index (χ4n) is 2.20. The third-order valence-corrected chi connectivity index (χ3v) is 3.08. The van der Waals surface area contributed by atoms with E-state index in [0.717, 1.165) is 16.5 Å². The van der Waals surface area contributed by atoms with Gasteiger partial charge in [-0.1, -0.05) is 30.3 Å². The Morgan fingerprint density at radius 2 is 1.74 bits per heavy atom. The van der Waals surface area contributed by atoms with Crippen molar-refractivity contribution in [3.05, 3.63) is 71.0 Å². The predicted molar refractivity (Wildman–Crippen MR) is 73.8 cm³/mol. The van der Waals surface area contributed by atoms with Crippen molar-refractivity contribution in [3.8, 4) is 11.1 Å². The number of non-ortho nitro benzene ring substituents is 1. The van der Waals surface area contributed by atoms with Crippen molar-refractivity contribution in [2.75, 3.05) is 0 Å². The standard InChI is InChI=1S/C15H10N2O2/c18-17(19)15-7-6-12(11-4-2-1-3-5-11)13-8-9-16-10-14(13)15/h1-10H. The lowest BCUT2D eigenvalue weighted by atomic mass is 9.98. The Kier molecular flexibility index (Phi) is 2.68. The van der Waals surface area contributed by atoms with Crippen LogP contribution in [0.15, 0.2) is 60.9 Å². The van der Waals surface area contributed by atoms with Gasteiger partial charge in [0.05, 0.1) is 10.3 Å². The highest BCUT2D eigenvalue weighted by molar-refractivity contribution is 6.01. The van der Waals surface area contributed by atoms with Crippen LogP contribution in [0.25, 0.3) is 21.9 Å². The van der Waals surface area contributed by atoms with Gasteiger partial charge in [-0.25, -0.2) is 0 Å². The number of nitro benzene ring substituents is 1. The zero-order valence-electron chi connectivity index (χ0n) is 9.98. The summed E-state index contributed by atoms with van der Waals surface area (Å²) in [5.41, 5.74) is 2.10. The molecule has 0 aliphatic rings. The summed E-state index contributed by atoms with van der Waals surface area (Å²) < 4.78 is 0. The maximum atomic E-state index is 11.0. The zero-order chi connectivity index (χ0) is 13.2. The molecule has 92 valence electrons. The number of nitro groups is 1. The molecule has 0 radical (unpaired) electrons. The number of aromatic nitrogens is 1. The van der Waals surface area contributed by atoms with E-state index in [1.807, 2.05) is 36.4 Å². The summed E-state index contributed by atoms with van der Waals surface area (Å²) in [6.07, 6.45) is 3.19. The molecule has 0 atom stereocenters. The third-order valence-electron chi connectivity index (χ3n) is 3.08. The zero-order valence-corrected chi connectivity index (χ0v) is 9.98. The molecule has 0 fully saturated rings. The van der Waals surface area contributed by atoms with Gasteiger partial charge in [0.1, 0.15) is 0 Å². The second-order valence-electron chi connectivity index (χ2n) is 4.18. The Balaban J connectivity index is 2.35. The van der Waals surface area contributed by atoms with Gasteiger partial charge in [-0.15, -0.1) is 0 Å². The van der Waals surface area contributed by atoms with E-state index in [1.54, 1.807) is 18.5 Å². The molecule has 0 aliphatic carbocycles. The van der Waals surface area contributed by atoms with Crippen LogP contribution in [0.2, 0.25) is 0 Å². The first kappa shape index (κ1) is 11.3. The minimum absolute atomic E-state index is 0.0859. The minimum atomic E-state index is -0.376. The highest BCUT2D eigenvalue weighted by Crippen LogP contribution is 2.33. The third kappa shape index (κ3) is 1.93. The fourth-order valence-corrected chi connectivity index (χ4v) is 2.20. The fraction of sp³-hybridized carbons (Fsp3) is 0. The maximum absolute atomic E-state index is 11.0. The van der Waals surface area contributed by atoms with E-state index in [1.165, 1.54) is 6.07 Å². The molecule has 3 rings (SSSR count). The average Bonchev–Trinajstić information content (AvgIpc) is 2.47. The van der Waals surface area contributed by atoms with Gasteiger partial charge in [-0.2, -0.15) is 0 Å². The Morgan fingerprint density at radius 3 is 2.47 bits per heavy atom. The van der Waals surface area contributed by atoms with E-state index in [-0.39, 0.29) is 10.6 Å². The topological polar surface area (TPSA) is 56.0 Å². The summed E-state index contributed by atoms with van der Waals surface area (Å²) in [7, 11) is 0. The molecule has 0 spiro atoms. The maximum Gasteiger partial charge on any atom is 0.278 e. The van der Waals surface area contributed by atoms with Crippen molar-refractivity contribution < 1.29 is 4.92 Å². The van der Waals surface area contributed by atoms with E-state index in [4.69, 9.17) is 0 Å². The molecule has 0 aliphatic heterocycles. The van der Waals surface area contributed by atoms with Crippen molar-refractivity contribution >= 4 is 16.5 Å². The molecule has 0 amide bonds. The molecule has 0 N–H and O–H groups in total. The summed E-state index contributed by atoms with van der Waals surface area (Å²) >= 11 is 0. The molecule has 2 aromatic carbocycles. The normalized spacial score (nSPS) is 10.5. The molecule has 0 saturated carbocycles. The quantitative estimate of drug-likeness (QED) is 0.513. The molecular weight excluding hydrogens is 240 g/mol. The van der Waals surface area contributed by atoms with Crippen molar-refractivity contribution in [1.29, 1.82) is 0 Å². The lowest BCUT2D eigenvalue weighted by molar-refractivity contribution is -0.383. The summed E-state index contributed by atoms with van der Waals surface area (Å²) in [5.74, 6) is 0. The summed E-state index contributed by atoms with van der Waals surface area (Å²) in [4.78, 5) is 14.7. The largest absolute Gasteiger partial charge is 0.278 e. The highest BCUT2D eigenvalue weighted by atomic mass is 16.6. The number of hydrogen-bond donors (Lipinski definition) is 0. The van der Waals surface area contributed by atoms with Crippen LogP contribution < -0.4 is 0 Å². The summed E-state index contributed by atoms with van der Waals surface area (Å²) in [6.45, 7) is 0. The van der Waals surface area contributed by atoms with Gasteiger partial charge in [-0.3, -0.25) is 15.1 Å². The first-order chi connectivity index (χ1) is 9.27. The van der Waals surface area contributed by atoms with Gasteiger partial charge in [0.15, 0.2) is 0 Å². The van der Waals surface area contributed by atoms with Crippen molar-refractivity contribution in [2.45, 2.75) is 0 Å². The number of nitrogens with zero attached hydrogens (tertiary/aromatic N) is 2. The molecule has 4 heteroatoms. The number of pyridine rings is 1. The molecule has 4 nitrogen and oxygen atoms in total. The number of hydrogen-bond acceptors (Lipinski definition) is 3. The smallest absolute Gasteiger partial charge is 0.264 e. The molecule has 1 heterocycles. The predicted octanol–water partition coefficient (Wildman–Crippen LogP) is 3.81.